The van der Waals surface area contributed by atoms with Crippen LogP contribution in [0.25, 0.3) is 0 Å². The number of allylic oxidation sites excluding steroid dienone is 4. The van der Waals surface area contributed by atoms with Crippen LogP contribution in [0, 0.1) is 0 Å². The highest BCUT2D eigenvalue weighted by molar-refractivity contribution is 5.68. The van der Waals surface area contributed by atoms with E-state index in [0.29, 0.717) is 23.5 Å². The number of rotatable bonds is 6. The minimum Gasteiger partial charge on any atom is -0.443 e. The van der Waals surface area contributed by atoms with Crippen molar-refractivity contribution in [1.29, 1.82) is 0 Å². The Morgan fingerprint density at radius 3 is 2.75 bits per heavy atom. The summed E-state index contributed by atoms with van der Waals surface area (Å²) in [6, 6.07) is 0. The van der Waals surface area contributed by atoms with Gasteiger partial charge in [0.2, 0.25) is 0 Å². The number of nitrogens with two attached hydrogens (primary N) is 3. The maximum absolute atomic E-state index is 12.1. The molecule has 0 radical (unpaired) electrons. The molecule has 1 amide bonds. The van der Waals surface area contributed by atoms with Crippen molar-refractivity contribution in [2.45, 2.75) is 39.2 Å². The van der Waals surface area contributed by atoms with Gasteiger partial charge in [-0.3, -0.25) is 5.01 Å². The topological polar surface area (TPSA) is 111 Å². The normalized spacial score (nSPS) is 15.3. The highest BCUT2D eigenvalue weighted by Crippen LogP contribution is 2.15. The van der Waals surface area contributed by atoms with Crippen molar-refractivity contribution < 1.29 is 9.53 Å². The second-order valence-electron chi connectivity index (χ2n) is 6.39. The van der Waals surface area contributed by atoms with E-state index in [0.717, 1.165) is 6.42 Å². The summed E-state index contributed by atoms with van der Waals surface area (Å²) in [5.74, 6) is 6.00. The van der Waals surface area contributed by atoms with E-state index in [2.05, 4.69) is 0 Å². The van der Waals surface area contributed by atoms with E-state index in [1.54, 1.807) is 19.3 Å². The maximum atomic E-state index is 12.1. The molecule has 24 heavy (non-hydrogen) atoms. The SMILES string of the molecule is CCC(C)(C)OC(=O)N(C)C/C(N)=C/N(N)C1=CC=CCC(N)=C1. The molecule has 1 aliphatic carbocycles. The molecule has 1 rings (SSSR count). The zero-order valence-corrected chi connectivity index (χ0v) is 15.0. The van der Waals surface area contributed by atoms with Gasteiger partial charge >= 0.3 is 6.09 Å². The Hall–Kier alpha value is -2.41. The van der Waals surface area contributed by atoms with E-state index in [9.17, 15) is 4.79 Å². The Balaban J connectivity index is 2.69. The van der Waals surface area contributed by atoms with Gasteiger partial charge in [-0.1, -0.05) is 19.1 Å². The average Bonchev–Trinajstić information content (AvgIpc) is 2.71. The fourth-order valence-corrected chi connectivity index (χ4v) is 1.85. The monoisotopic (exact) mass is 335 g/mol. The largest absolute Gasteiger partial charge is 0.443 e. The summed E-state index contributed by atoms with van der Waals surface area (Å²) in [4.78, 5) is 13.5. The molecule has 6 N–H and O–H groups in total. The average molecular weight is 335 g/mol. The highest BCUT2D eigenvalue weighted by Gasteiger charge is 2.23. The first kappa shape index (κ1) is 19.6. The first-order valence-corrected chi connectivity index (χ1v) is 7.91. The van der Waals surface area contributed by atoms with Gasteiger partial charge < -0.3 is 21.1 Å². The smallest absolute Gasteiger partial charge is 0.410 e. The minimum atomic E-state index is -0.510. The van der Waals surface area contributed by atoms with Crippen molar-refractivity contribution in [2.75, 3.05) is 13.6 Å². The van der Waals surface area contributed by atoms with Crippen LogP contribution in [0.1, 0.15) is 33.6 Å². The number of likely N-dealkylation sites (N-methyl/N-ethyl adjacent to an activating group) is 1. The number of carbonyl (C=O) groups excluding carboxylic acids is 1. The Morgan fingerprint density at radius 2 is 2.12 bits per heavy atom. The van der Waals surface area contributed by atoms with E-state index in [4.69, 9.17) is 22.0 Å². The molecule has 0 heterocycles. The van der Waals surface area contributed by atoms with Crippen LogP contribution in [-0.2, 0) is 4.74 Å². The van der Waals surface area contributed by atoms with Crippen molar-refractivity contribution in [3.8, 4) is 0 Å². The van der Waals surface area contributed by atoms with Crippen LogP contribution in [0.4, 0.5) is 4.79 Å². The third-order valence-corrected chi connectivity index (χ3v) is 3.64. The standard InChI is InChI=1S/C17H29N5O2/c1-5-17(2,3)24-16(23)21(4)11-14(19)12-22(20)15-9-7-6-8-13(18)10-15/h6-7,9-10,12H,5,8,11,18-20H2,1-4H3/b14-12-. The first-order chi connectivity index (χ1) is 11.1. The Bertz CT molecular complexity index is 576. The van der Waals surface area contributed by atoms with Gasteiger partial charge in [-0.05, 0) is 32.4 Å². The molecule has 1 aliphatic rings. The van der Waals surface area contributed by atoms with Crippen LogP contribution in [0.3, 0.4) is 0 Å². The molecular weight excluding hydrogens is 306 g/mol. The number of carbonyl (C=O) groups is 1. The molecule has 0 bridgehead atoms. The molecule has 0 unspecified atom stereocenters. The molecule has 0 aromatic rings. The molecule has 0 atom stereocenters. The third-order valence-electron chi connectivity index (χ3n) is 3.64. The van der Waals surface area contributed by atoms with Gasteiger partial charge in [0.15, 0.2) is 0 Å². The molecule has 0 spiro atoms. The van der Waals surface area contributed by atoms with Crippen molar-refractivity contribution in [3.05, 3.63) is 47.6 Å². The Kier molecular flexibility index (Phi) is 6.91. The van der Waals surface area contributed by atoms with Crippen LogP contribution in [0.5, 0.6) is 0 Å². The van der Waals surface area contributed by atoms with E-state index < -0.39 is 11.7 Å². The lowest BCUT2D eigenvalue weighted by Crippen LogP contribution is -2.38. The molecule has 0 saturated heterocycles. The van der Waals surface area contributed by atoms with Gasteiger partial charge in [0, 0.05) is 31.1 Å². The summed E-state index contributed by atoms with van der Waals surface area (Å²) < 4.78 is 5.41. The third kappa shape index (κ3) is 6.37. The molecular formula is C17H29N5O2. The van der Waals surface area contributed by atoms with Crippen LogP contribution in [-0.4, -0.2) is 35.2 Å². The summed E-state index contributed by atoms with van der Waals surface area (Å²) in [6.45, 7) is 5.89. The van der Waals surface area contributed by atoms with E-state index in [1.807, 2.05) is 39.0 Å². The van der Waals surface area contributed by atoms with Crippen molar-refractivity contribution in [1.82, 2.24) is 9.91 Å². The lowest BCUT2D eigenvalue weighted by atomic mass is 10.1. The summed E-state index contributed by atoms with van der Waals surface area (Å²) >= 11 is 0. The number of amides is 1. The van der Waals surface area contributed by atoms with Crippen molar-refractivity contribution in [2.24, 2.45) is 17.3 Å². The number of hydrogen-bond donors (Lipinski definition) is 3. The number of ether oxygens (including phenoxy) is 1. The quantitative estimate of drug-likeness (QED) is 0.505. The molecule has 7 nitrogen and oxygen atoms in total. The van der Waals surface area contributed by atoms with E-state index in [-0.39, 0.29) is 6.54 Å². The maximum Gasteiger partial charge on any atom is 0.410 e. The molecule has 0 aliphatic heterocycles. The van der Waals surface area contributed by atoms with Gasteiger partial charge in [0.25, 0.3) is 0 Å². The number of hydrogen-bond acceptors (Lipinski definition) is 6. The molecule has 0 saturated carbocycles. The molecule has 7 heteroatoms. The zero-order chi connectivity index (χ0) is 18.3. The zero-order valence-electron chi connectivity index (χ0n) is 15.0. The van der Waals surface area contributed by atoms with Gasteiger partial charge in [-0.15, -0.1) is 0 Å². The van der Waals surface area contributed by atoms with Gasteiger partial charge in [0.1, 0.15) is 5.60 Å². The summed E-state index contributed by atoms with van der Waals surface area (Å²) in [7, 11) is 1.63. The predicted octanol–water partition coefficient (Wildman–Crippen LogP) is 1.91. The van der Waals surface area contributed by atoms with Crippen molar-refractivity contribution in [3.63, 3.8) is 0 Å². The summed E-state index contributed by atoms with van der Waals surface area (Å²) in [5.41, 5.74) is 13.2. The van der Waals surface area contributed by atoms with E-state index in [1.165, 1.54) is 9.91 Å². The fourth-order valence-electron chi connectivity index (χ4n) is 1.85. The van der Waals surface area contributed by atoms with Crippen LogP contribution < -0.4 is 17.3 Å². The lowest BCUT2D eigenvalue weighted by molar-refractivity contribution is 0.0169. The second-order valence-corrected chi connectivity index (χ2v) is 6.39. The van der Waals surface area contributed by atoms with Crippen LogP contribution >= 0.6 is 0 Å². The number of hydrazine groups is 1. The highest BCUT2D eigenvalue weighted by atomic mass is 16.6. The molecule has 0 aromatic carbocycles. The minimum absolute atomic E-state index is 0.203. The predicted molar refractivity (Wildman–Crippen MR) is 95.9 cm³/mol. The fraction of sp³-hybridized carbons (Fsp3) is 0.471. The molecule has 134 valence electrons. The van der Waals surface area contributed by atoms with Crippen LogP contribution in [0.2, 0.25) is 0 Å². The Labute approximate surface area is 144 Å². The molecule has 0 aromatic heterocycles. The molecule has 0 fully saturated rings. The second kappa shape index (κ2) is 8.44. The van der Waals surface area contributed by atoms with E-state index >= 15 is 0 Å². The number of nitrogens with zero attached hydrogens (tertiary/aromatic N) is 2. The van der Waals surface area contributed by atoms with Gasteiger partial charge in [-0.25, -0.2) is 10.6 Å². The summed E-state index contributed by atoms with van der Waals surface area (Å²) in [6.07, 6.45) is 9.98. The Morgan fingerprint density at radius 1 is 1.46 bits per heavy atom. The van der Waals surface area contributed by atoms with Gasteiger partial charge in [0.05, 0.1) is 12.2 Å². The summed E-state index contributed by atoms with van der Waals surface area (Å²) in [5, 5.41) is 1.38. The lowest BCUT2D eigenvalue weighted by Gasteiger charge is -2.27. The van der Waals surface area contributed by atoms with Crippen LogP contribution in [0.15, 0.2) is 47.6 Å². The van der Waals surface area contributed by atoms with Gasteiger partial charge in [-0.2, -0.15) is 0 Å². The van der Waals surface area contributed by atoms with Crippen molar-refractivity contribution >= 4 is 6.09 Å². The first-order valence-electron chi connectivity index (χ1n) is 7.91.